The lowest BCUT2D eigenvalue weighted by atomic mass is 10.0. The number of hydrogen-bond donors (Lipinski definition) is 2. The maximum absolute atomic E-state index is 12.5. The van der Waals surface area contributed by atoms with Crippen LogP contribution in [-0.2, 0) is 11.0 Å². The largest absolute Gasteiger partial charge is 0.475 e. The van der Waals surface area contributed by atoms with E-state index in [2.05, 4.69) is 10.3 Å². The molecule has 0 saturated heterocycles. The van der Waals surface area contributed by atoms with Crippen molar-refractivity contribution < 1.29 is 27.8 Å². The van der Waals surface area contributed by atoms with Gasteiger partial charge in [-0.15, -0.1) is 0 Å². The number of carbonyl (C=O) groups excluding carboxylic acids is 1. The van der Waals surface area contributed by atoms with E-state index in [1.165, 1.54) is 0 Å². The Morgan fingerprint density at radius 1 is 1.38 bits per heavy atom. The van der Waals surface area contributed by atoms with Gasteiger partial charge < -0.3 is 15.2 Å². The lowest BCUT2D eigenvalue weighted by Crippen LogP contribution is -2.51. The standard InChI is InChI=1S/C16H21F3N2O3/c1-15(2,21-14(23)11-4-3-5-12(11)22)9-24-13-7-6-10(8-20-13)16(17,18)19/h6-8,11-12,22H,3-5,9H2,1-2H3,(H,21,23). The first-order chi connectivity index (χ1) is 11.1. The second-order valence-corrected chi connectivity index (χ2v) is 6.65. The van der Waals surface area contributed by atoms with E-state index in [9.17, 15) is 23.1 Å². The molecule has 24 heavy (non-hydrogen) atoms. The minimum atomic E-state index is -4.44. The number of carbonyl (C=O) groups is 1. The molecule has 2 rings (SSSR count). The van der Waals surface area contributed by atoms with Gasteiger partial charge in [0.2, 0.25) is 11.8 Å². The fourth-order valence-corrected chi connectivity index (χ4v) is 2.60. The Labute approximate surface area is 138 Å². The van der Waals surface area contributed by atoms with Crippen molar-refractivity contribution in [2.45, 2.75) is 50.9 Å². The second kappa shape index (κ2) is 6.96. The van der Waals surface area contributed by atoms with Crippen molar-refractivity contribution in [3.63, 3.8) is 0 Å². The topological polar surface area (TPSA) is 71.5 Å². The van der Waals surface area contributed by atoms with Gasteiger partial charge in [-0.3, -0.25) is 4.79 Å². The zero-order valence-corrected chi connectivity index (χ0v) is 13.6. The van der Waals surface area contributed by atoms with Gasteiger partial charge in [-0.05, 0) is 39.2 Å². The normalized spacial score (nSPS) is 21.6. The molecule has 0 aromatic carbocycles. The molecule has 1 aromatic heterocycles. The Morgan fingerprint density at radius 3 is 2.58 bits per heavy atom. The maximum atomic E-state index is 12.5. The second-order valence-electron chi connectivity index (χ2n) is 6.65. The van der Waals surface area contributed by atoms with E-state index < -0.39 is 29.3 Å². The maximum Gasteiger partial charge on any atom is 0.417 e. The number of pyridine rings is 1. The number of aromatic nitrogens is 1. The van der Waals surface area contributed by atoms with Crippen molar-refractivity contribution >= 4 is 5.91 Å². The molecule has 0 aliphatic heterocycles. The Hall–Kier alpha value is -1.83. The highest BCUT2D eigenvalue weighted by Gasteiger charge is 2.34. The fourth-order valence-electron chi connectivity index (χ4n) is 2.60. The molecule has 1 fully saturated rings. The minimum absolute atomic E-state index is 0.0416. The van der Waals surface area contributed by atoms with Gasteiger partial charge in [-0.1, -0.05) is 0 Å². The molecule has 2 atom stereocenters. The van der Waals surface area contributed by atoms with Crippen molar-refractivity contribution in [1.29, 1.82) is 0 Å². The highest BCUT2D eigenvalue weighted by molar-refractivity contribution is 5.80. The number of halogens is 3. The van der Waals surface area contributed by atoms with Gasteiger partial charge in [0.15, 0.2) is 0 Å². The predicted octanol–water partition coefficient (Wildman–Crippen LogP) is 2.54. The summed E-state index contributed by atoms with van der Waals surface area (Å²) < 4.78 is 42.8. The molecule has 134 valence electrons. The molecule has 0 bridgehead atoms. The Balaban J connectivity index is 1.89. The van der Waals surface area contributed by atoms with Crippen molar-refractivity contribution in [2.75, 3.05) is 6.61 Å². The van der Waals surface area contributed by atoms with Crippen LogP contribution in [0.2, 0.25) is 0 Å². The van der Waals surface area contributed by atoms with E-state index in [1.807, 2.05) is 0 Å². The van der Waals surface area contributed by atoms with E-state index in [1.54, 1.807) is 13.8 Å². The summed E-state index contributed by atoms with van der Waals surface area (Å²) in [5.41, 5.74) is -1.60. The van der Waals surface area contributed by atoms with Crippen LogP contribution in [0.15, 0.2) is 18.3 Å². The number of aliphatic hydroxyl groups is 1. The van der Waals surface area contributed by atoms with Crippen LogP contribution in [0.4, 0.5) is 13.2 Å². The molecule has 1 saturated carbocycles. The van der Waals surface area contributed by atoms with Crippen LogP contribution in [0.5, 0.6) is 5.88 Å². The van der Waals surface area contributed by atoms with E-state index in [4.69, 9.17) is 4.74 Å². The molecule has 1 aliphatic carbocycles. The highest BCUT2D eigenvalue weighted by Crippen LogP contribution is 2.29. The first-order valence-corrected chi connectivity index (χ1v) is 7.75. The number of nitrogens with one attached hydrogen (secondary N) is 1. The van der Waals surface area contributed by atoms with Crippen LogP contribution in [0.1, 0.15) is 38.7 Å². The monoisotopic (exact) mass is 346 g/mol. The van der Waals surface area contributed by atoms with E-state index >= 15 is 0 Å². The van der Waals surface area contributed by atoms with E-state index in [0.717, 1.165) is 18.6 Å². The number of aliphatic hydroxyl groups excluding tert-OH is 1. The number of hydrogen-bond acceptors (Lipinski definition) is 4. The summed E-state index contributed by atoms with van der Waals surface area (Å²) in [6.07, 6.45) is -2.30. The van der Waals surface area contributed by atoms with Crippen LogP contribution >= 0.6 is 0 Å². The van der Waals surface area contributed by atoms with Gasteiger partial charge in [0.1, 0.15) is 6.61 Å². The van der Waals surface area contributed by atoms with Gasteiger partial charge in [0.05, 0.1) is 23.1 Å². The van der Waals surface area contributed by atoms with Crippen LogP contribution in [0, 0.1) is 5.92 Å². The van der Waals surface area contributed by atoms with Crippen molar-refractivity contribution in [3.8, 4) is 5.88 Å². The Kier molecular flexibility index (Phi) is 5.37. The Bertz CT molecular complexity index is 573. The third-order valence-electron chi connectivity index (χ3n) is 3.92. The number of alkyl halides is 3. The average Bonchev–Trinajstić information content (AvgIpc) is 2.91. The van der Waals surface area contributed by atoms with Crippen LogP contribution in [0.25, 0.3) is 0 Å². The molecular formula is C16H21F3N2O3. The van der Waals surface area contributed by atoms with Crippen molar-refractivity contribution in [3.05, 3.63) is 23.9 Å². The molecule has 5 nitrogen and oxygen atoms in total. The van der Waals surface area contributed by atoms with Crippen LogP contribution in [-0.4, -0.2) is 34.2 Å². The molecule has 2 N–H and O–H groups in total. The van der Waals surface area contributed by atoms with Gasteiger partial charge in [0.25, 0.3) is 0 Å². The summed E-state index contributed by atoms with van der Waals surface area (Å²) in [5.74, 6) is -0.617. The van der Waals surface area contributed by atoms with Gasteiger partial charge in [-0.25, -0.2) is 4.98 Å². The lowest BCUT2D eigenvalue weighted by molar-refractivity contribution is -0.138. The fraction of sp³-hybridized carbons (Fsp3) is 0.625. The Morgan fingerprint density at radius 2 is 2.08 bits per heavy atom. The SMILES string of the molecule is CC(C)(COc1ccc(C(F)(F)F)cn1)NC(=O)C1CCCC1O. The van der Waals surface area contributed by atoms with Gasteiger partial charge >= 0.3 is 6.18 Å². The van der Waals surface area contributed by atoms with E-state index in [0.29, 0.717) is 19.0 Å². The first kappa shape index (κ1) is 18.5. The van der Waals surface area contributed by atoms with Crippen LogP contribution < -0.4 is 10.1 Å². The zero-order chi connectivity index (χ0) is 18.0. The number of amides is 1. The third-order valence-corrected chi connectivity index (χ3v) is 3.92. The number of nitrogens with zero attached hydrogens (tertiary/aromatic N) is 1. The number of rotatable bonds is 5. The summed E-state index contributed by atoms with van der Waals surface area (Å²) in [7, 11) is 0. The summed E-state index contributed by atoms with van der Waals surface area (Å²) in [6, 6.07) is 2.03. The third kappa shape index (κ3) is 4.83. The van der Waals surface area contributed by atoms with Gasteiger partial charge in [0, 0.05) is 12.3 Å². The van der Waals surface area contributed by atoms with Crippen molar-refractivity contribution in [2.24, 2.45) is 5.92 Å². The molecule has 0 radical (unpaired) electrons. The summed E-state index contributed by atoms with van der Waals surface area (Å²) in [6.45, 7) is 3.51. The average molecular weight is 346 g/mol. The molecule has 1 heterocycles. The van der Waals surface area contributed by atoms with E-state index in [-0.39, 0.29) is 18.4 Å². The molecular weight excluding hydrogens is 325 g/mol. The molecule has 1 aromatic rings. The molecule has 8 heteroatoms. The lowest BCUT2D eigenvalue weighted by Gasteiger charge is -2.28. The summed E-state index contributed by atoms with van der Waals surface area (Å²) in [4.78, 5) is 15.8. The smallest absolute Gasteiger partial charge is 0.417 e. The summed E-state index contributed by atoms with van der Waals surface area (Å²) >= 11 is 0. The first-order valence-electron chi connectivity index (χ1n) is 7.75. The predicted molar refractivity (Wildman–Crippen MR) is 80.3 cm³/mol. The van der Waals surface area contributed by atoms with Gasteiger partial charge in [-0.2, -0.15) is 13.2 Å². The number of ether oxygens (including phenoxy) is 1. The summed E-state index contributed by atoms with van der Waals surface area (Å²) in [5, 5.41) is 12.6. The minimum Gasteiger partial charge on any atom is -0.475 e. The zero-order valence-electron chi connectivity index (χ0n) is 13.6. The molecule has 0 spiro atoms. The molecule has 2 unspecified atom stereocenters. The molecule has 1 amide bonds. The van der Waals surface area contributed by atoms with Crippen LogP contribution in [0.3, 0.4) is 0 Å². The van der Waals surface area contributed by atoms with Crippen molar-refractivity contribution in [1.82, 2.24) is 10.3 Å². The highest BCUT2D eigenvalue weighted by atomic mass is 19.4. The quantitative estimate of drug-likeness (QED) is 0.859. The molecule has 1 aliphatic rings.